The molecule has 0 radical (unpaired) electrons. The Bertz CT molecular complexity index is 849. The minimum Gasteiger partial charge on any atom is -0.383 e. The van der Waals surface area contributed by atoms with Crippen molar-refractivity contribution in [2.45, 2.75) is 34.9 Å². The second-order valence-corrected chi connectivity index (χ2v) is 9.04. The van der Waals surface area contributed by atoms with E-state index in [0.717, 1.165) is 12.0 Å². The van der Waals surface area contributed by atoms with E-state index in [2.05, 4.69) is 6.92 Å². The Morgan fingerprint density at radius 2 is 1.72 bits per heavy atom. The fourth-order valence-corrected chi connectivity index (χ4v) is 5.95. The van der Waals surface area contributed by atoms with E-state index in [1.807, 2.05) is 24.3 Å². The van der Waals surface area contributed by atoms with Crippen molar-refractivity contribution in [1.82, 2.24) is 0 Å². The minimum absolute atomic E-state index is 0.185. The van der Waals surface area contributed by atoms with Gasteiger partial charge in [-0.1, -0.05) is 42.8 Å². The monoisotopic (exact) mass is 379 g/mol. The Balaban J connectivity index is 1.99. The predicted octanol–water partition coefficient (Wildman–Crippen LogP) is 3.19. The first-order chi connectivity index (χ1) is 11.8. The molecule has 2 aromatic carbocycles. The maximum absolute atomic E-state index is 13.1. The van der Waals surface area contributed by atoms with Crippen LogP contribution in [0.3, 0.4) is 0 Å². The smallest absolute Gasteiger partial charge is 0.183 e. The third-order valence-electron chi connectivity index (χ3n) is 4.92. The largest absolute Gasteiger partial charge is 0.383 e. The summed E-state index contributed by atoms with van der Waals surface area (Å²) in [4.78, 5) is 0.237. The molecule has 3 rings (SSSR count). The standard InChI is InChI=1S/C19H22ClNO3S/c1-3-13-4-6-14(7-5-13)17-18(19(17,21)12-24-2)25(22,23)16-10-8-15(20)9-11-16/h4-11,17-18H,3,12,21H2,1-2H3. The maximum Gasteiger partial charge on any atom is 0.183 e. The summed E-state index contributed by atoms with van der Waals surface area (Å²) < 4.78 is 31.5. The van der Waals surface area contributed by atoms with Gasteiger partial charge in [0.2, 0.25) is 0 Å². The number of aryl methyl sites for hydroxylation is 1. The van der Waals surface area contributed by atoms with Crippen molar-refractivity contribution in [3.05, 3.63) is 64.7 Å². The van der Waals surface area contributed by atoms with Gasteiger partial charge in [0.05, 0.1) is 22.3 Å². The molecule has 134 valence electrons. The second-order valence-electron chi connectivity index (χ2n) is 6.54. The van der Waals surface area contributed by atoms with Crippen molar-refractivity contribution in [3.63, 3.8) is 0 Å². The van der Waals surface area contributed by atoms with Crippen LogP contribution in [0.1, 0.15) is 24.0 Å². The van der Waals surface area contributed by atoms with Crippen molar-refractivity contribution in [2.24, 2.45) is 5.73 Å². The number of benzene rings is 2. The summed E-state index contributed by atoms with van der Waals surface area (Å²) in [6.45, 7) is 2.27. The first kappa shape index (κ1) is 18.4. The molecular formula is C19H22ClNO3S. The van der Waals surface area contributed by atoms with Crippen molar-refractivity contribution in [3.8, 4) is 0 Å². The zero-order valence-electron chi connectivity index (χ0n) is 14.3. The number of hydrogen-bond donors (Lipinski definition) is 1. The van der Waals surface area contributed by atoms with Gasteiger partial charge in [-0.25, -0.2) is 8.42 Å². The van der Waals surface area contributed by atoms with Crippen molar-refractivity contribution in [2.75, 3.05) is 13.7 Å². The topological polar surface area (TPSA) is 69.4 Å². The highest BCUT2D eigenvalue weighted by molar-refractivity contribution is 7.92. The molecule has 0 aliphatic heterocycles. The van der Waals surface area contributed by atoms with Crippen LogP contribution in [0.2, 0.25) is 5.02 Å². The quantitative estimate of drug-likeness (QED) is 0.836. The molecule has 1 aliphatic carbocycles. The van der Waals surface area contributed by atoms with Crippen molar-refractivity contribution in [1.29, 1.82) is 0 Å². The number of halogens is 1. The summed E-state index contributed by atoms with van der Waals surface area (Å²) in [5.74, 6) is -0.293. The zero-order chi connectivity index (χ0) is 18.2. The molecule has 6 heteroatoms. The van der Waals surface area contributed by atoms with Crippen LogP contribution >= 0.6 is 11.6 Å². The van der Waals surface area contributed by atoms with Crippen LogP contribution < -0.4 is 5.73 Å². The Morgan fingerprint density at radius 1 is 1.12 bits per heavy atom. The average molecular weight is 380 g/mol. The van der Waals surface area contributed by atoms with E-state index in [-0.39, 0.29) is 17.4 Å². The Hall–Kier alpha value is -1.40. The Labute approximate surface area is 153 Å². The number of rotatable bonds is 6. The van der Waals surface area contributed by atoms with Crippen LogP contribution in [0.5, 0.6) is 0 Å². The van der Waals surface area contributed by atoms with Crippen molar-refractivity contribution >= 4 is 21.4 Å². The van der Waals surface area contributed by atoms with E-state index in [1.54, 1.807) is 12.1 Å². The van der Waals surface area contributed by atoms with Gasteiger partial charge in [-0.3, -0.25) is 0 Å². The molecule has 1 saturated carbocycles. The molecule has 25 heavy (non-hydrogen) atoms. The number of hydrogen-bond acceptors (Lipinski definition) is 4. The predicted molar refractivity (Wildman–Crippen MR) is 99.8 cm³/mol. The number of ether oxygens (including phenoxy) is 1. The highest BCUT2D eigenvalue weighted by Gasteiger charge is 2.69. The van der Waals surface area contributed by atoms with Crippen LogP contribution in [0.15, 0.2) is 53.4 Å². The summed E-state index contributed by atoms with van der Waals surface area (Å²) in [5, 5.41) is -0.217. The molecule has 0 amide bonds. The lowest BCUT2D eigenvalue weighted by atomic mass is 10.0. The maximum atomic E-state index is 13.1. The fraction of sp³-hybridized carbons (Fsp3) is 0.368. The highest BCUT2D eigenvalue weighted by Crippen LogP contribution is 2.55. The average Bonchev–Trinajstić information content (AvgIpc) is 3.22. The first-order valence-electron chi connectivity index (χ1n) is 8.20. The van der Waals surface area contributed by atoms with Gasteiger partial charge in [0.1, 0.15) is 0 Å². The lowest BCUT2D eigenvalue weighted by Crippen LogP contribution is -2.35. The summed E-state index contributed by atoms with van der Waals surface area (Å²) in [7, 11) is -2.05. The van der Waals surface area contributed by atoms with Gasteiger partial charge in [0.25, 0.3) is 0 Å². The molecule has 1 aliphatic rings. The third-order valence-corrected chi connectivity index (χ3v) is 7.48. The van der Waals surface area contributed by atoms with E-state index in [4.69, 9.17) is 22.1 Å². The highest BCUT2D eigenvalue weighted by atomic mass is 35.5. The molecule has 0 aromatic heterocycles. The minimum atomic E-state index is -3.59. The first-order valence-corrected chi connectivity index (χ1v) is 10.1. The molecule has 4 nitrogen and oxygen atoms in total. The zero-order valence-corrected chi connectivity index (χ0v) is 15.8. The van der Waals surface area contributed by atoms with E-state index in [1.165, 1.54) is 24.8 Å². The van der Waals surface area contributed by atoms with E-state index >= 15 is 0 Å². The molecule has 3 unspecified atom stereocenters. The van der Waals surface area contributed by atoms with Crippen molar-refractivity contribution < 1.29 is 13.2 Å². The van der Waals surface area contributed by atoms with Crippen LogP contribution in [0.25, 0.3) is 0 Å². The van der Waals surface area contributed by atoms with E-state index < -0.39 is 20.6 Å². The molecule has 0 saturated heterocycles. The van der Waals surface area contributed by atoms with E-state index in [0.29, 0.717) is 5.02 Å². The number of sulfone groups is 1. The molecule has 3 atom stereocenters. The molecular weight excluding hydrogens is 358 g/mol. The normalized spacial score (nSPS) is 25.8. The molecule has 0 spiro atoms. The molecule has 0 heterocycles. The lowest BCUT2D eigenvalue weighted by Gasteiger charge is -2.11. The summed E-state index contributed by atoms with van der Waals surface area (Å²) in [6, 6.07) is 14.2. The van der Waals surface area contributed by atoms with Crippen LogP contribution in [0.4, 0.5) is 0 Å². The third kappa shape index (κ3) is 3.22. The molecule has 2 N–H and O–H groups in total. The Kier molecular flexibility index (Phi) is 4.95. The summed E-state index contributed by atoms with van der Waals surface area (Å²) >= 11 is 5.88. The lowest BCUT2D eigenvalue weighted by molar-refractivity contribution is 0.171. The number of methoxy groups -OCH3 is 1. The van der Waals surface area contributed by atoms with Crippen LogP contribution in [-0.2, 0) is 21.0 Å². The summed E-state index contributed by atoms with van der Waals surface area (Å²) in [5.41, 5.74) is 7.68. The molecule has 2 aromatic rings. The Morgan fingerprint density at radius 3 is 2.24 bits per heavy atom. The van der Waals surface area contributed by atoms with Crippen LogP contribution in [-0.4, -0.2) is 32.9 Å². The van der Waals surface area contributed by atoms with Gasteiger partial charge >= 0.3 is 0 Å². The van der Waals surface area contributed by atoms with E-state index in [9.17, 15) is 8.42 Å². The fourth-order valence-electron chi connectivity index (χ4n) is 3.53. The van der Waals surface area contributed by atoms with Gasteiger partial charge in [-0.05, 0) is 41.8 Å². The summed E-state index contributed by atoms with van der Waals surface area (Å²) in [6.07, 6.45) is 0.934. The second kappa shape index (κ2) is 6.72. The SMILES string of the molecule is CCc1ccc(C2C(S(=O)(=O)c3ccc(Cl)cc3)C2(N)COC)cc1. The molecule has 0 bridgehead atoms. The van der Waals surface area contributed by atoms with Gasteiger partial charge in [-0.15, -0.1) is 0 Å². The van der Waals surface area contributed by atoms with Gasteiger partial charge < -0.3 is 10.5 Å². The van der Waals surface area contributed by atoms with Crippen LogP contribution in [0, 0.1) is 0 Å². The molecule has 1 fully saturated rings. The van der Waals surface area contributed by atoms with Gasteiger partial charge in [-0.2, -0.15) is 0 Å². The van der Waals surface area contributed by atoms with Gasteiger partial charge in [0.15, 0.2) is 9.84 Å². The van der Waals surface area contributed by atoms with Gasteiger partial charge in [0, 0.05) is 18.1 Å². The number of nitrogens with two attached hydrogens (primary N) is 1.